The Morgan fingerprint density at radius 1 is 1.42 bits per heavy atom. The molecular formula is C14H19N3O2. The molecule has 0 atom stereocenters. The van der Waals surface area contributed by atoms with Gasteiger partial charge in [0.25, 0.3) is 0 Å². The van der Waals surface area contributed by atoms with E-state index >= 15 is 0 Å². The average Bonchev–Trinajstić information content (AvgIpc) is 2.97. The first-order valence-electron chi connectivity index (χ1n) is 6.96. The van der Waals surface area contributed by atoms with Gasteiger partial charge in [0.2, 0.25) is 11.8 Å². The predicted octanol–water partition coefficient (Wildman–Crippen LogP) is 2.26. The maximum atomic E-state index is 12.2. The Kier molecular flexibility index (Phi) is 3.36. The zero-order valence-electron chi connectivity index (χ0n) is 11.2. The van der Waals surface area contributed by atoms with E-state index in [0.29, 0.717) is 18.3 Å². The highest BCUT2D eigenvalue weighted by molar-refractivity contribution is 5.79. The van der Waals surface area contributed by atoms with Gasteiger partial charge < -0.3 is 9.42 Å². The van der Waals surface area contributed by atoms with Gasteiger partial charge in [0.1, 0.15) is 0 Å². The summed E-state index contributed by atoms with van der Waals surface area (Å²) in [5.41, 5.74) is 0. The molecule has 102 valence electrons. The lowest BCUT2D eigenvalue weighted by Gasteiger charge is -2.20. The molecule has 1 heterocycles. The van der Waals surface area contributed by atoms with E-state index in [0.717, 1.165) is 31.6 Å². The summed E-state index contributed by atoms with van der Waals surface area (Å²) in [7, 11) is 1.81. The molecule has 1 aromatic heterocycles. The number of hydrogen-bond donors (Lipinski definition) is 0. The first-order chi connectivity index (χ1) is 9.24. The van der Waals surface area contributed by atoms with Gasteiger partial charge in [-0.1, -0.05) is 23.7 Å². The van der Waals surface area contributed by atoms with Crippen LogP contribution in [0.1, 0.15) is 49.7 Å². The first-order valence-corrected chi connectivity index (χ1v) is 6.96. The molecule has 2 aliphatic carbocycles. The molecule has 0 aliphatic heterocycles. The molecule has 1 aromatic rings. The number of allylic oxidation sites excluding steroid dienone is 2. The van der Waals surface area contributed by atoms with Crippen molar-refractivity contribution in [2.24, 2.45) is 5.92 Å². The van der Waals surface area contributed by atoms with Gasteiger partial charge in [0.05, 0.1) is 6.54 Å². The predicted molar refractivity (Wildman–Crippen MR) is 69.2 cm³/mol. The summed E-state index contributed by atoms with van der Waals surface area (Å²) in [4.78, 5) is 18.3. The second-order valence-electron chi connectivity index (χ2n) is 5.51. The molecule has 3 rings (SSSR count). The van der Waals surface area contributed by atoms with E-state index in [2.05, 4.69) is 22.3 Å². The SMILES string of the molecule is CN(Cc1noc(C2CCC2)n1)C(=O)C1CC=CC1. The summed E-state index contributed by atoms with van der Waals surface area (Å²) in [6.45, 7) is 0.436. The molecule has 0 aromatic carbocycles. The van der Waals surface area contributed by atoms with Gasteiger partial charge in [-0.15, -0.1) is 0 Å². The molecule has 5 heteroatoms. The number of nitrogens with zero attached hydrogens (tertiary/aromatic N) is 3. The monoisotopic (exact) mass is 261 g/mol. The smallest absolute Gasteiger partial charge is 0.229 e. The van der Waals surface area contributed by atoms with Crippen molar-refractivity contribution in [1.82, 2.24) is 15.0 Å². The lowest BCUT2D eigenvalue weighted by Crippen LogP contribution is -2.31. The molecule has 0 saturated heterocycles. The van der Waals surface area contributed by atoms with Crippen molar-refractivity contribution in [2.45, 2.75) is 44.6 Å². The van der Waals surface area contributed by atoms with Crippen LogP contribution in [-0.4, -0.2) is 28.0 Å². The highest BCUT2D eigenvalue weighted by Gasteiger charge is 2.27. The molecule has 0 bridgehead atoms. The fourth-order valence-electron chi connectivity index (χ4n) is 2.57. The van der Waals surface area contributed by atoms with E-state index in [9.17, 15) is 4.79 Å². The summed E-state index contributed by atoms with van der Waals surface area (Å²) in [6, 6.07) is 0. The van der Waals surface area contributed by atoms with E-state index in [4.69, 9.17) is 4.52 Å². The Labute approximate surface area is 112 Å². The van der Waals surface area contributed by atoms with E-state index in [-0.39, 0.29) is 11.8 Å². The van der Waals surface area contributed by atoms with E-state index < -0.39 is 0 Å². The van der Waals surface area contributed by atoms with Crippen molar-refractivity contribution in [2.75, 3.05) is 7.05 Å². The fourth-order valence-corrected chi connectivity index (χ4v) is 2.57. The molecule has 19 heavy (non-hydrogen) atoms. The Morgan fingerprint density at radius 2 is 2.16 bits per heavy atom. The van der Waals surface area contributed by atoms with Crippen LogP contribution in [-0.2, 0) is 11.3 Å². The lowest BCUT2D eigenvalue weighted by atomic mass is 9.85. The summed E-state index contributed by atoms with van der Waals surface area (Å²) in [6.07, 6.45) is 9.37. The molecule has 1 fully saturated rings. The number of carbonyl (C=O) groups excluding carboxylic acids is 1. The van der Waals surface area contributed by atoms with Crippen LogP contribution in [0.4, 0.5) is 0 Å². The third kappa shape index (κ3) is 2.55. The number of amides is 1. The standard InChI is InChI=1S/C14H19N3O2/c1-17(14(18)11-5-2-3-6-11)9-12-15-13(19-16-12)10-7-4-8-10/h2-3,10-11H,4-9H2,1H3. The first kappa shape index (κ1) is 12.4. The van der Waals surface area contributed by atoms with Crippen LogP contribution >= 0.6 is 0 Å². The van der Waals surface area contributed by atoms with Crippen LogP contribution in [0.5, 0.6) is 0 Å². The zero-order chi connectivity index (χ0) is 13.2. The van der Waals surface area contributed by atoms with Crippen molar-refractivity contribution in [3.8, 4) is 0 Å². The Hall–Kier alpha value is -1.65. The van der Waals surface area contributed by atoms with Gasteiger partial charge in [0.15, 0.2) is 5.82 Å². The molecule has 0 spiro atoms. The van der Waals surface area contributed by atoms with Crippen molar-refractivity contribution in [3.05, 3.63) is 23.9 Å². The fraction of sp³-hybridized carbons (Fsp3) is 0.643. The highest BCUT2D eigenvalue weighted by atomic mass is 16.5. The van der Waals surface area contributed by atoms with E-state index in [1.165, 1.54) is 6.42 Å². The summed E-state index contributed by atoms with van der Waals surface area (Å²) in [5.74, 6) is 2.07. The molecule has 0 unspecified atom stereocenters. The molecular weight excluding hydrogens is 242 g/mol. The number of rotatable bonds is 4. The third-order valence-electron chi connectivity index (χ3n) is 4.05. The molecule has 0 N–H and O–H groups in total. The van der Waals surface area contributed by atoms with Crippen LogP contribution in [0.25, 0.3) is 0 Å². The quantitative estimate of drug-likeness (QED) is 0.780. The van der Waals surface area contributed by atoms with Crippen LogP contribution in [0, 0.1) is 5.92 Å². The summed E-state index contributed by atoms with van der Waals surface area (Å²) in [5, 5.41) is 3.97. The second kappa shape index (κ2) is 5.15. The highest BCUT2D eigenvalue weighted by Crippen LogP contribution is 2.35. The number of carbonyl (C=O) groups is 1. The van der Waals surface area contributed by atoms with Gasteiger partial charge in [-0.2, -0.15) is 4.98 Å². The van der Waals surface area contributed by atoms with Crippen molar-refractivity contribution in [1.29, 1.82) is 0 Å². The largest absolute Gasteiger partial charge is 0.339 e. The van der Waals surface area contributed by atoms with E-state index in [1.807, 2.05) is 0 Å². The van der Waals surface area contributed by atoms with Gasteiger partial charge in [-0.25, -0.2) is 0 Å². The minimum Gasteiger partial charge on any atom is -0.339 e. The summed E-state index contributed by atoms with van der Waals surface area (Å²) >= 11 is 0. The molecule has 5 nitrogen and oxygen atoms in total. The molecule has 2 aliphatic rings. The van der Waals surface area contributed by atoms with Crippen molar-refractivity contribution < 1.29 is 9.32 Å². The molecule has 0 radical (unpaired) electrons. The maximum Gasteiger partial charge on any atom is 0.229 e. The Morgan fingerprint density at radius 3 is 2.79 bits per heavy atom. The van der Waals surface area contributed by atoms with Crippen LogP contribution in [0.15, 0.2) is 16.7 Å². The zero-order valence-corrected chi connectivity index (χ0v) is 11.2. The number of aromatic nitrogens is 2. The maximum absolute atomic E-state index is 12.2. The molecule has 1 amide bonds. The Bertz CT molecular complexity index is 483. The lowest BCUT2D eigenvalue weighted by molar-refractivity contribution is -0.134. The second-order valence-corrected chi connectivity index (χ2v) is 5.51. The van der Waals surface area contributed by atoms with Crippen molar-refractivity contribution in [3.63, 3.8) is 0 Å². The normalized spacial score (nSPS) is 19.6. The van der Waals surface area contributed by atoms with Crippen LogP contribution in [0.3, 0.4) is 0 Å². The van der Waals surface area contributed by atoms with Gasteiger partial charge in [-0.05, 0) is 25.7 Å². The summed E-state index contributed by atoms with van der Waals surface area (Å²) < 4.78 is 5.26. The topological polar surface area (TPSA) is 59.2 Å². The van der Waals surface area contributed by atoms with Gasteiger partial charge >= 0.3 is 0 Å². The van der Waals surface area contributed by atoms with E-state index in [1.54, 1.807) is 11.9 Å². The van der Waals surface area contributed by atoms with Gasteiger partial charge in [0, 0.05) is 18.9 Å². The molecule has 1 saturated carbocycles. The van der Waals surface area contributed by atoms with Crippen molar-refractivity contribution >= 4 is 5.91 Å². The third-order valence-corrected chi connectivity index (χ3v) is 4.05. The minimum absolute atomic E-state index is 0.100. The number of hydrogen-bond acceptors (Lipinski definition) is 4. The average molecular weight is 261 g/mol. The minimum atomic E-state index is 0.100. The van der Waals surface area contributed by atoms with Gasteiger partial charge in [-0.3, -0.25) is 4.79 Å². The van der Waals surface area contributed by atoms with Crippen LogP contribution in [0.2, 0.25) is 0 Å². The van der Waals surface area contributed by atoms with Crippen LogP contribution < -0.4 is 0 Å². The Balaban J connectivity index is 1.57.